The van der Waals surface area contributed by atoms with Gasteiger partial charge in [0, 0.05) is 18.0 Å². The summed E-state index contributed by atoms with van der Waals surface area (Å²) in [5.74, 6) is 1.52. The van der Waals surface area contributed by atoms with Gasteiger partial charge in [0.25, 0.3) is 0 Å². The summed E-state index contributed by atoms with van der Waals surface area (Å²) in [6.45, 7) is 2.14. The molecule has 1 aromatic heterocycles. The van der Waals surface area contributed by atoms with Gasteiger partial charge in [-0.2, -0.15) is 0 Å². The summed E-state index contributed by atoms with van der Waals surface area (Å²) >= 11 is 0. The Morgan fingerprint density at radius 1 is 1.21 bits per heavy atom. The Labute approximate surface area is 143 Å². The molecule has 1 fully saturated rings. The Morgan fingerprint density at radius 2 is 2.12 bits per heavy atom. The van der Waals surface area contributed by atoms with Crippen LogP contribution in [-0.2, 0) is 0 Å². The number of ether oxygens (including phenoxy) is 1. The summed E-state index contributed by atoms with van der Waals surface area (Å²) in [7, 11) is 1.71. The Bertz CT molecular complexity index is 808. The summed E-state index contributed by atoms with van der Waals surface area (Å²) in [5.41, 5.74) is 6.11. The molecule has 122 valence electrons. The summed E-state index contributed by atoms with van der Waals surface area (Å²) in [4.78, 5) is 9.32. The van der Waals surface area contributed by atoms with Crippen molar-refractivity contribution in [2.45, 2.75) is 32.2 Å². The summed E-state index contributed by atoms with van der Waals surface area (Å²) < 4.78 is 5.33. The van der Waals surface area contributed by atoms with Crippen molar-refractivity contribution in [2.24, 2.45) is 10.9 Å². The fourth-order valence-corrected chi connectivity index (χ4v) is 3.84. The molecule has 3 nitrogen and oxygen atoms in total. The Kier molecular flexibility index (Phi) is 3.93. The lowest BCUT2D eigenvalue weighted by Crippen LogP contribution is -2.20. The monoisotopic (exact) mass is 318 g/mol. The standard InChI is InChI=1S/C21H22N2O/c1-14-10-19(24-2)8-6-15(14)12-20-16-5-7-18(11-16)23-21(20)17-4-3-9-22-13-17/h3-4,6,8-10,12-13,16,18H,5,7,11H2,1-2H3/b20-12+. The van der Waals surface area contributed by atoms with Gasteiger partial charge in [0.1, 0.15) is 5.75 Å². The van der Waals surface area contributed by atoms with Gasteiger partial charge in [-0.15, -0.1) is 0 Å². The third-order valence-electron chi connectivity index (χ3n) is 5.15. The van der Waals surface area contributed by atoms with Crippen molar-refractivity contribution in [3.05, 3.63) is 65.0 Å². The molecule has 2 heterocycles. The third-order valence-corrected chi connectivity index (χ3v) is 5.15. The van der Waals surface area contributed by atoms with E-state index in [2.05, 4.69) is 36.2 Å². The van der Waals surface area contributed by atoms with Crippen LogP contribution in [0.15, 0.2) is 53.3 Å². The summed E-state index contributed by atoms with van der Waals surface area (Å²) in [6, 6.07) is 10.9. The molecular formula is C21H22N2O. The molecular weight excluding hydrogens is 296 g/mol. The molecule has 0 radical (unpaired) electrons. The van der Waals surface area contributed by atoms with Crippen molar-refractivity contribution in [2.75, 3.05) is 7.11 Å². The quantitative estimate of drug-likeness (QED) is 0.837. The second kappa shape index (κ2) is 6.23. The minimum absolute atomic E-state index is 0.485. The predicted octanol–water partition coefficient (Wildman–Crippen LogP) is 4.45. The normalized spacial score (nSPS) is 24.1. The number of nitrogens with zero attached hydrogens (tertiary/aromatic N) is 2. The topological polar surface area (TPSA) is 34.5 Å². The fourth-order valence-electron chi connectivity index (χ4n) is 3.84. The maximum Gasteiger partial charge on any atom is 0.119 e. The fraction of sp³-hybridized carbons (Fsp3) is 0.333. The van der Waals surface area contributed by atoms with Crippen LogP contribution in [0.2, 0.25) is 0 Å². The molecule has 1 aromatic carbocycles. The lowest BCUT2D eigenvalue weighted by molar-refractivity contribution is 0.414. The van der Waals surface area contributed by atoms with Crippen molar-refractivity contribution >= 4 is 11.8 Å². The van der Waals surface area contributed by atoms with Crippen molar-refractivity contribution in [1.29, 1.82) is 0 Å². The van der Waals surface area contributed by atoms with Crippen LogP contribution in [0, 0.1) is 12.8 Å². The maximum absolute atomic E-state index is 5.33. The number of hydrogen-bond donors (Lipinski definition) is 0. The van der Waals surface area contributed by atoms with Crippen LogP contribution in [0.25, 0.3) is 6.08 Å². The minimum Gasteiger partial charge on any atom is -0.497 e. The largest absolute Gasteiger partial charge is 0.497 e. The first-order valence-corrected chi connectivity index (χ1v) is 8.59. The third kappa shape index (κ3) is 2.75. The van der Waals surface area contributed by atoms with Crippen molar-refractivity contribution < 1.29 is 4.74 Å². The van der Waals surface area contributed by atoms with E-state index in [0.29, 0.717) is 12.0 Å². The minimum atomic E-state index is 0.485. The van der Waals surface area contributed by atoms with E-state index in [1.54, 1.807) is 7.11 Å². The number of rotatable bonds is 3. The predicted molar refractivity (Wildman–Crippen MR) is 97.6 cm³/mol. The maximum atomic E-state index is 5.33. The van der Waals surface area contributed by atoms with Crippen LogP contribution in [0.3, 0.4) is 0 Å². The van der Waals surface area contributed by atoms with E-state index in [1.165, 1.54) is 36.0 Å². The van der Waals surface area contributed by atoms with Crippen LogP contribution in [0.4, 0.5) is 0 Å². The van der Waals surface area contributed by atoms with E-state index in [4.69, 9.17) is 9.73 Å². The highest BCUT2D eigenvalue weighted by atomic mass is 16.5. The lowest BCUT2D eigenvalue weighted by atomic mass is 9.86. The molecule has 2 aromatic rings. The molecule has 1 aliphatic heterocycles. The average molecular weight is 318 g/mol. The Balaban J connectivity index is 1.79. The van der Waals surface area contributed by atoms with Gasteiger partial charge < -0.3 is 4.74 Å². The van der Waals surface area contributed by atoms with Gasteiger partial charge in [0.05, 0.1) is 18.9 Å². The van der Waals surface area contributed by atoms with Crippen molar-refractivity contribution in [3.63, 3.8) is 0 Å². The number of allylic oxidation sites excluding steroid dienone is 1. The van der Waals surface area contributed by atoms with Crippen LogP contribution >= 0.6 is 0 Å². The van der Waals surface area contributed by atoms with Gasteiger partial charge in [-0.25, -0.2) is 0 Å². The molecule has 1 saturated carbocycles. The van der Waals surface area contributed by atoms with Crippen LogP contribution in [0.1, 0.15) is 36.0 Å². The molecule has 2 bridgehead atoms. The van der Waals surface area contributed by atoms with E-state index in [9.17, 15) is 0 Å². The lowest BCUT2D eigenvalue weighted by Gasteiger charge is -2.23. The second-order valence-corrected chi connectivity index (χ2v) is 6.71. The Morgan fingerprint density at radius 3 is 2.88 bits per heavy atom. The first-order valence-electron chi connectivity index (χ1n) is 8.59. The van der Waals surface area contributed by atoms with E-state index in [-0.39, 0.29) is 0 Å². The molecule has 2 atom stereocenters. The smallest absolute Gasteiger partial charge is 0.119 e. The van der Waals surface area contributed by atoms with E-state index >= 15 is 0 Å². The van der Waals surface area contributed by atoms with Crippen LogP contribution in [-0.4, -0.2) is 23.8 Å². The highest BCUT2D eigenvalue weighted by molar-refractivity contribution is 6.15. The number of aromatic nitrogens is 1. The molecule has 4 rings (SSSR count). The molecule has 3 heteroatoms. The van der Waals surface area contributed by atoms with Gasteiger partial charge in [-0.3, -0.25) is 9.98 Å². The van der Waals surface area contributed by atoms with Gasteiger partial charge in [0.2, 0.25) is 0 Å². The number of aliphatic imine (C=N–C) groups is 1. The van der Waals surface area contributed by atoms with Gasteiger partial charge in [0.15, 0.2) is 0 Å². The molecule has 2 aliphatic rings. The number of benzene rings is 1. The molecule has 24 heavy (non-hydrogen) atoms. The molecule has 0 spiro atoms. The first kappa shape index (κ1) is 15.1. The zero-order valence-electron chi connectivity index (χ0n) is 14.2. The van der Waals surface area contributed by atoms with Gasteiger partial charge in [-0.05, 0) is 79.1 Å². The van der Waals surface area contributed by atoms with E-state index < -0.39 is 0 Å². The Hall–Kier alpha value is -2.42. The SMILES string of the molecule is COc1ccc(/C=C2/C(c3cccnc3)=NC3CCC2C3)c(C)c1. The zero-order chi connectivity index (χ0) is 16.5. The number of pyridine rings is 1. The molecule has 0 amide bonds. The first-order chi connectivity index (χ1) is 11.7. The molecule has 1 aliphatic carbocycles. The summed E-state index contributed by atoms with van der Waals surface area (Å²) in [6.07, 6.45) is 9.70. The average Bonchev–Trinajstić information content (AvgIpc) is 3.02. The summed E-state index contributed by atoms with van der Waals surface area (Å²) in [5, 5.41) is 0. The highest BCUT2D eigenvalue weighted by Gasteiger charge is 2.34. The van der Waals surface area contributed by atoms with Crippen molar-refractivity contribution in [1.82, 2.24) is 4.98 Å². The second-order valence-electron chi connectivity index (χ2n) is 6.71. The van der Waals surface area contributed by atoms with Crippen LogP contribution < -0.4 is 4.74 Å². The van der Waals surface area contributed by atoms with E-state index in [1.807, 2.05) is 24.5 Å². The van der Waals surface area contributed by atoms with Gasteiger partial charge >= 0.3 is 0 Å². The molecule has 0 N–H and O–H groups in total. The number of aryl methyl sites for hydroxylation is 1. The number of hydrogen-bond acceptors (Lipinski definition) is 3. The van der Waals surface area contributed by atoms with Gasteiger partial charge in [-0.1, -0.05) is 6.07 Å². The molecule has 2 unspecified atom stereocenters. The van der Waals surface area contributed by atoms with Crippen molar-refractivity contribution in [3.8, 4) is 5.75 Å². The highest BCUT2D eigenvalue weighted by Crippen LogP contribution is 2.40. The zero-order valence-corrected chi connectivity index (χ0v) is 14.2. The number of fused-ring (bicyclic) bond motifs is 2. The number of methoxy groups -OCH3 is 1. The van der Waals surface area contributed by atoms with E-state index in [0.717, 1.165) is 17.0 Å². The van der Waals surface area contributed by atoms with Crippen LogP contribution in [0.5, 0.6) is 5.75 Å². The molecule has 0 saturated heterocycles.